The van der Waals surface area contributed by atoms with E-state index in [4.69, 9.17) is 4.55 Å². The average Bonchev–Trinajstić information content (AvgIpc) is 3.22. The number of nitrogens with zero attached hydrogens (tertiary/aromatic N) is 5. The van der Waals surface area contributed by atoms with Crippen molar-refractivity contribution in [1.82, 2.24) is 29.6 Å². The summed E-state index contributed by atoms with van der Waals surface area (Å²) < 4.78 is 23.9. The molecule has 1 aliphatic rings. The van der Waals surface area contributed by atoms with E-state index < -0.39 is 11.3 Å². The number of benzene rings is 1. The Hall–Kier alpha value is -2.46. The van der Waals surface area contributed by atoms with Crippen molar-refractivity contribution in [3.05, 3.63) is 71.7 Å². The molecule has 0 aliphatic carbocycles. The summed E-state index contributed by atoms with van der Waals surface area (Å²) in [6.45, 7) is 3.18. The zero-order valence-electron chi connectivity index (χ0n) is 16.0. The van der Waals surface area contributed by atoms with Gasteiger partial charge < -0.3 is 0 Å². The summed E-state index contributed by atoms with van der Waals surface area (Å²) in [4.78, 5) is 6.70. The fourth-order valence-corrected chi connectivity index (χ4v) is 4.02. The van der Waals surface area contributed by atoms with E-state index in [9.17, 15) is 4.21 Å². The van der Waals surface area contributed by atoms with Gasteiger partial charge in [-0.15, -0.1) is 5.10 Å². The molecule has 3 aromatic rings. The van der Waals surface area contributed by atoms with Crippen molar-refractivity contribution in [2.24, 2.45) is 0 Å². The van der Waals surface area contributed by atoms with Gasteiger partial charge in [-0.25, -0.2) is 18.6 Å². The Kier molecular flexibility index (Phi) is 6.40. The maximum Gasteiger partial charge on any atom is 0.232 e. The topological polar surface area (TPSA) is 96.2 Å². The van der Waals surface area contributed by atoms with Crippen molar-refractivity contribution in [2.75, 3.05) is 13.1 Å². The summed E-state index contributed by atoms with van der Waals surface area (Å²) in [6.07, 6.45) is 5.85. The average molecular weight is 413 g/mol. The number of piperidine rings is 1. The number of hydrogen-bond acceptors (Lipinski definition) is 5. The first-order chi connectivity index (χ1) is 14.2. The van der Waals surface area contributed by atoms with Gasteiger partial charge in [0.1, 0.15) is 0 Å². The second kappa shape index (κ2) is 9.36. The normalized spacial score (nSPS) is 16.7. The van der Waals surface area contributed by atoms with Gasteiger partial charge in [0.15, 0.2) is 5.82 Å². The first-order valence-electron chi connectivity index (χ1n) is 9.65. The third kappa shape index (κ3) is 5.33. The van der Waals surface area contributed by atoms with Crippen molar-refractivity contribution in [3.8, 4) is 5.82 Å². The van der Waals surface area contributed by atoms with Crippen LogP contribution in [0.3, 0.4) is 0 Å². The lowest BCUT2D eigenvalue weighted by Gasteiger charge is -2.31. The van der Waals surface area contributed by atoms with E-state index in [1.165, 1.54) is 5.56 Å². The first-order valence-corrected chi connectivity index (χ1v) is 10.8. The minimum atomic E-state index is -1.99. The smallest absolute Gasteiger partial charge is 0.232 e. The van der Waals surface area contributed by atoms with Gasteiger partial charge in [-0.05, 0) is 55.1 Å². The van der Waals surface area contributed by atoms with Gasteiger partial charge >= 0.3 is 0 Å². The molecular formula is C20H24N6O2S. The molecule has 2 aromatic heterocycles. The minimum absolute atomic E-state index is 0.391. The number of aromatic nitrogens is 4. The van der Waals surface area contributed by atoms with Crippen LogP contribution in [0, 0.1) is 0 Å². The number of likely N-dealkylation sites (tertiary alicyclic amines) is 1. The van der Waals surface area contributed by atoms with E-state index in [-0.39, 0.29) is 0 Å². The Bertz CT molecular complexity index is 956. The lowest BCUT2D eigenvalue weighted by atomic mass is 9.88. The highest BCUT2D eigenvalue weighted by Gasteiger charge is 2.21. The van der Waals surface area contributed by atoms with E-state index in [1.807, 2.05) is 36.5 Å². The molecule has 0 radical (unpaired) electrons. The van der Waals surface area contributed by atoms with Crippen LogP contribution in [0.2, 0.25) is 0 Å². The van der Waals surface area contributed by atoms with E-state index in [2.05, 4.69) is 37.1 Å². The number of hydrogen-bond donors (Lipinski definition) is 2. The van der Waals surface area contributed by atoms with Crippen molar-refractivity contribution < 1.29 is 8.76 Å². The molecule has 2 N–H and O–H groups in total. The minimum Gasteiger partial charge on any atom is -0.297 e. The molecule has 152 valence electrons. The van der Waals surface area contributed by atoms with Crippen LogP contribution in [0.15, 0.2) is 54.9 Å². The zero-order valence-corrected chi connectivity index (χ0v) is 16.8. The van der Waals surface area contributed by atoms with Crippen LogP contribution in [0.25, 0.3) is 5.82 Å². The number of pyridine rings is 1. The maximum absolute atomic E-state index is 10.8. The second-order valence-corrected chi connectivity index (χ2v) is 8.00. The van der Waals surface area contributed by atoms with Gasteiger partial charge in [0, 0.05) is 19.3 Å². The lowest BCUT2D eigenvalue weighted by Crippen LogP contribution is -2.32. The van der Waals surface area contributed by atoms with Gasteiger partial charge in [0.2, 0.25) is 11.3 Å². The van der Waals surface area contributed by atoms with Crippen LogP contribution in [-0.2, 0) is 24.4 Å². The van der Waals surface area contributed by atoms with E-state index in [0.717, 1.165) is 49.6 Å². The van der Waals surface area contributed by atoms with Crippen LogP contribution < -0.4 is 4.72 Å². The van der Waals surface area contributed by atoms with Gasteiger partial charge in [-0.3, -0.25) is 9.45 Å². The number of rotatable bonds is 7. The molecule has 1 fully saturated rings. The van der Waals surface area contributed by atoms with Crippen LogP contribution in [-0.4, -0.2) is 46.7 Å². The van der Waals surface area contributed by atoms with Crippen LogP contribution in [0.4, 0.5) is 0 Å². The second-order valence-electron chi connectivity index (χ2n) is 7.21. The monoisotopic (exact) mass is 412 g/mol. The molecule has 0 amide bonds. The molecule has 8 nitrogen and oxygen atoms in total. The summed E-state index contributed by atoms with van der Waals surface area (Å²) in [5, 5.41) is 8.48. The predicted octanol–water partition coefficient (Wildman–Crippen LogP) is 2.27. The molecule has 9 heteroatoms. The molecule has 1 atom stereocenters. The Labute approximate surface area is 172 Å². The summed E-state index contributed by atoms with van der Waals surface area (Å²) in [7, 11) is 0. The van der Waals surface area contributed by atoms with Crippen molar-refractivity contribution >= 4 is 11.3 Å². The first kappa shape index (κ1) is 19.8. The molecule has 0 spiro atoms. The summed E-state index contributed by atoms with van der Waals surface area (Å²) in [5.74, 6) is 1.28. The summed E-state index contributed by atoms with van der Waals surface area (Å²) >= 11 is -1.99. The van der Waals surface area contributed by atoms with Crippen LogP contribution in [0.5, 0.6) is 0 Å². The Morgan fingerprint density at radius 1 is 1.17 bits per heavy atom. The molecule has 4 rings (SSSR count). The predicted molar refractivity (Wildman–Crippen MR) is 110 cm³/mol. The molecule has 1 aromatic carbocycles. The van der Waals surface area contributed by atoms with Gasteiger partial charge in [-0.1, -0.05) is 35.5 Å². The van der Waals surface area contributed by atoms with Gasteiger partial charge in [0.05, 0.1) is 11.9 Å². The Balaban J connectivity index is 1.31. The molecule has 3 heterocycles. The van der Waals surface area contributed by atoms with E-state index >= 15 is 0 Å². The summed E-state index contributed by atoms with van der Waals surface area (Å²) in [6, 6.07) is 14.0. The fourth-order valence-electron chi connectivity index (χ4n) is 3.73. The van der Waals surface area contributed by atoms with Crippen molar-refractivity contribution in [3.63, 3.8) is 0 Å². The van der Waals surface area contributed by atoms with Gasteiger partial charge in [0.25, 0.3) is 0 Å². The van der Waals surface area contributed by atoms with Crippen molar-refractivity contribution in [1.29, 1.82) is 0 Å². The highest BCUT2D eigenvalue weighted by molar-refractivity contribution is 7.77. The van der Waals surface area contributed by atoms with Gasteiger partial charge in [-0.2, -0.15) is 0 Å². The van der Waals surface area contributed by atoms with E-state index in [1.54, 1.807) is 10.9 Å². The Morgan fingerprint density at radius 2 is 2.03 bits per heavy atom. The SMILES string of the molecule is O=S(O)NCc1cccc(C2CCN(Cc3cn(-c4ccccn4)nn3)CC2)c1. The Morgan fingerprint density at radius 3 is 2.79 bits per heavy atom. The highest BCUT2D eigenvalue weighted by Crippen LogP contribution is 2.29. The molecule has 1 saturated heterocycles. The van der Waals surface area contributed by atoms with Crippen molar-refractivity contribution in [2.45, 2.75) is 31.8 Å². The molecular weight excluding hydrogens is 388 g/mol. The molecule has 0 saturated carbocycles. The lowest BCUT2D eigenvalue weighted by molar-refractivity contribution is 0.202. The highest BCUT2D eigenvalue weighted by atomic mass is 32.2. The van der Waals surface area contributed by atoms with Crippen LogP contribution >= 0.6 is 0 Å². The van der Waals surface area contributed by atoms with E-state index in [0.29, 0.717) is 12.5 Å². The third-order valence-corrected chi connectivity index (χ3v) is 5.61. The maximum atomic E-state index is 10.8. The molecule has 0 bridgehead atoms. The zero-order chi connectivity index (χ0) is 20.1. The van der Waals surface area contributed by atoms with Crippen LogP contribution in [0.1, 0.15) is 35.6 Å². The number of nitrogens with one attached hydrogen (secondary N) is 1. The molecule has 1 unspecified atom stereocenters. The largest absolute Gasteiger partial charge is 0.297 e. The third-order valence-electron chi connectivity index (χ3n) is 5.22. The fraction of sp³-hybridized carbons (Fsp3) is 0.350. The summed E-state index contributed by atoms with van der Waals surface area (Å²) in [5.41, 5.74) is 3.27. The quantitative estimate of drug-likeness (QED) is 0.578. The molecule has 1 aliphatic heterocycles. The standard InChI is InChI=1S/C20H24N6O2S/c27-29(28)22-13-16-4-3-5-18(12-16)17-7-10-25(11-8-17)14-19-15-26(24-23-19)20-6-1-2-9-21-20/h1-6,9,12,15,17,22H,7-8,10-11,13-14H2,(H,27,28). The molecule has 29 heavy (non-hydrogen) atoms.